The Balaban J connectivity index is 1.69. The lowest BCUT2D eigenvalue weighted by Crippen LogP contribution is -2.58. The average Bonchev–Trinajstić information content (AvgIpc) is 2.83. The first-order valence-electron chi connectivity index (χ1n) is 14.5. The fourth-order valence-electron chi connectivity index (χ4n) is 6.24. The monoisotopic (exact) mass is 529 g/mol. The lowest BCUT2D eigenvalue weighted by atomic mass is 9.72. The van der Waals surface area contributed by atoms with E-state index in [4.69, 9.17) is 0 Å². The van der Waals surface area contributed by atoms with Crippen molar-refractivity contribution in [1.29, 1.82) is 0 Å². The first kappa shape index (κ1) is 30.6. The van der Waals surface area contributed by atoms with Gasteiger partial charge in [-0.15, -0.1) is 0 Å². The molecule has 1 aromatic carbocycles. The Morgan fingerprint density at radius 2 is 1.74 bits per heavy atom. The number of hydrogen-bond donors (Lipinski definition) is 3. The van der Waals surface area contributed by atoms with Gasteiger partial charge in [-0.3, -0.25) is 14.5 Å². The molecular weight excluding hydrogens is 478 g/mol. The van der Waals surface area contributed by atoms with Crippen molar-refractivity contribution in [2.24, 2.45) is 11.8 Å². The summed E-state index contributed by atoms with van der Waals surface area (Å²) in [6, 6.07) is 7.36. The summed E-state index contributed by atoms with van der Waals surface area (Å²) < 4.78 is 0. The van der Waals surface area contributed by atoms with E-state index in [1.54, 1.807) is 4.90 Å². The van der Waals surface area contributed by atoms with Gasteiger partial charge in [0.2, 0.25) is 5.91 Å². The maximum absolute atomic E-state index is 13.4. The number of rotatable bonds is 9. The van der Waals surface area contributed by atoms with Crippen molar-refractivity contribution in [2.75, 3.05) is 26.2 Å². The van der Waals surface area contributed by atoms with Crippen LogP contribution in [0.1, 0.15) is 96.0 Å². The van der Waals surface area contributed by atoms with E-state index >= 15 is 0 Å². The molecule has 1 aromatic rings. The average molecular weight is 530 g/mol. The molecule has 214 valence electrons. The van der Waals surface area contributed by atoms with Crippen LogP contribution in [0.2, 0.25) is 0 Å². The molecule has 2 unspecified atom stereocenters. The van der Waals surface area contributed by atoms with Crippen molar-refractivity contribution < 1.29 is 19.8 Å². The highest BCUT2D eigenvalue weighted by Crippen LogP contribution is 2.39. The second kappa shape index (κ2) is 12.9. The van der Waals surface area contributed by atoms with Crippen LogP contribution in [0, 0.1) is 11.8 Å². The molecule has 2 amide bonds. The van der Waals surface area contributed by atoms with Crippen LogP contribution in [0.5, 0.6) is 0 Å². The van der Waals surface area contributed by atoms with Crippen LogP contribution in [-0.4, -0.2) is 81.3 Å². The van der Waals surface area contributed by atoms with Gasteiger partial charge in [-0.05, 0) is 90.7 Å². The number of benzene rings is 1. The maximum atomic E-state index is 13.4. The van der Waals surface area contributed by atoms with E-state index in [0.29, 0.717) is 36.8 Å². The number of hydrogen-bond acceptors (Lipinski definition) is 5. The predicted molar refractivity (Wildman–Crippen MR) is 152 cm³/mol. The summed E-state index contributed by atoms with van der Waals surface area (Å²) in [5, 5.41) is 23.8. The Morgan fingerprint density at radius 3 is 2.37 bits per heavy atom. The molecule has 1 saturated heterocycles. The molecule has 7 nitrogen and oxygen atoms in total. The first-order chi connectivity index (χ1) is 17.8. The standard InChI is InChI=1S/C31H51N3O4/c1-30(2,3)32-28(37)27-19-23-12-7-8-13-24(23)20-33(27)21-25(36)16-15-22-11-9-10-14-26(22)29(38)34(17-18-35)31(4,5)6/h9-11,14,23-25,27,35-36H,7-8,12-13,15-21H2,1-6H3,(H,32,37)/t23-,24+,25?,27?/m0/s1. The smallest absolute Gasteiger partial charge is 0.254 e. The summed E-state index contributed by atoms with van der Waals surface area (Å²) in [6.45, 7) is 13.4. The second-order valence-corrected chi connectivity index (χ2v) is 13.5. The van der Waals surface area contributed by atoms with Gasteiger partial charge in [0.05, 0.1) is 18.8 Å². The van der Waals surface area contributed by atoms with E-state index < -0.39 is 11.6 Å². The highest BCUT2D eigenvalue weighted by molar-refractivity contribution is 5.96. The molecule has 1 aliphatic carbocycles. The zero-order chi connectivity index (χ0) is 28.1. The van der Waals surface area contributed by atoms with Crippen LogP contribution in [0.3, 0.4) is 0 Å². The number of fused-ring (bicyclic) bond motifs is 1. The number of β-amino-alcohol motifs (C(OH)–C–C–N with tert-alkyl or cyclic N) is 2. The van der Waals surface area contributed by atoms with Gasteiger partial charge in [-0.1, -0.05) is 37.5 Å². The fraction of sp³-hybridized carbons (Fsp3) is 0.742. The Kier molecular flexibility index (Phi) is 10.4. The molecule has 1 heterocycles. The summed E-state index contributed by atoms with van der Waals surface area (Å²) in [5.41, 5.74) is 0.809. The number of aliphatic hydroxyl groups excluding tert-OH is 2. The van der Waals surface area contributed by atoms with Gasteiger partial charge in [0, 0.05) is 36.3 Å². The summed E-state index contributed by atoms with van der Waals surface area (Å²) in [4.78, 5) is 30.6. The quantitative estimate of drug-likeness (QED) is 0.450. The largest absolute Gasteiger partial charge is 0.395 e. The lowest BCUT2D eigenvalue weighted by molar-refractivity contribution is -0.132. The highest BCUT2D eigenvalue weighted by atomic mass is 16.3. The molecule has 2 aliphatic rings. The maximum Gasteiger partial charge on any atom is 0.254 e. The molecule has 7 heteroatoms. The van der Waals surface area contributed by atoms with E-state index in [1.165, 1.54) is 25.7 Å². The molecular formula is C31H51N3O4. The van der Waals surface area contributed by atoms with Crippen molar-refractivity contribution in [2.45, 2.75) is 110 Å². The Hall–Kier alpha value is -1.96. The van der Waals surface area contributed by atoms with Crippen LogP contribution >= 0.6 is 0 Å². The number of aliphatic hydroxyl groups is 2. The Morgan fingerprint density at radius 1 is 1.08 bits per heavy atom. The third-order valence-electron chi connectivity index (χ3n) is 8.12. The normalized spacial score (nSPS) is 23.4. The predicted octanol–water partition coefficient (Wildman–Crippen LogP) is 4.01. The van der Waals surface area contributed by atoms with Crippen molar-refractivity contribution in [1.82, 2.24) is 15.1 Å². The molecule has 0 aromatic heterocycles. The van der Waals surface area contributed by atoms with Crippen molar-refractivity contribution in [3.05, 3.63) is 35.4 Å². The minimum atomic E-state index is -0.598. The molecule has 3 N–H and O–H groups in total. The molecule has 2 fully saturated rings. The number of amides is 2. The zero-order valence-corrected chi connectivity index (χ0v) is 24.5. The molecule has 0 spiro atoms. The summed E-state index contributed by atoms with van der Waals surface area (Å²) in [7, 11) is 0. The van der Waals surface area contributed by atoms with Gasteiger partial charge in [0.15, 0.2) is 0 Å². The highest BCUT2D eigenvalue weighted by Gasteiger charge is 2.41. The second-order valence-electron chi connectivity index (χ2n) is 13.5. The Bertz CT molecular complexity index is 936. The fourth-order valence-corrected chi connectivity index (χ4v) is 6.24. The topological polar surface area (TPSA) is 93.1 Å². The lowest BCUT2D eigenvalue weighted by Gasteiger charge is -2.46. The minimum absolute atomic E-state index is 0.0656. The van der Waals surface area contributed by atoms with Gasteiger partial charge in [-0.2, -0.15) is 0 Å². The number of piperidine rings is 1. The minimum Gasteiger partial charge on any atom is -0.395 e. The third kappa shape index (κ3) is 8.27. The van der Waals surface area contributed by atoms with Crippen LogP contribution in [-0.2, 0) is 11.2 Å². The summed E-state index contributed by atoms with van der Waals surface area (Å²) in [6.07, 6.45) is 6.26. The number of nitrogens with zero attached hydrogens (tertiary/aromatic N) is 2. The number of nitrogens with one attached hydrogen (secondary N) is 1. The van der Waals surface area contributed by atoms with E-state index in [9.17, 15) is 19.8 Å². The van der Waals surface area contributed by atoms with E-state index in [2.05, 4.69) is 10.2 Å². The molecule has 38 heavy (non-hydrogen) atoms. The first-order valence-corrected chi connectivity index (χ1v) is 14.5. The molecule has 4 atom stereocenters. The van der Waals surface area contributed by atoms with Gasteiger partial charge < -0.3 is 20.4 Å². The van der Waals surface area contributed by atoms with Gasteiger partial charge >= 0.3 is 0 Å². The van der Waals surface area contributed by atoms with Crippen LogP contribution in [0.4, 0.5) is 0 Å². The van der Waals surface area contributed by atoms with E-state index in [1.807, 2.05) is 65.8 Å². The molecule has 0 bridgehead atoms. The van der Waals surface area contributed by atoms with Crippen LogP contribution < -0.4 is 5.32 Å². The SMILES string of the molecule is CC(C)(C)NC(=O)C1C[C@@H]2CCCC[C@@H]2CN1CC(O)CCc1ccccc1C(=O)N(CCO)C(C)(C)C. The zero-order valence-electron chi connectivity index (χ0n) is 24.5. The number of carbonyl (C=O) groups excluding carboxylic acids is 2. The molecule has 0 radical (unpaired) electrons. The Labute approximate surface area is 230 Å². The van der Waals surface area contributed by atoms with Gasteiger partial charge in [0.1, 0.15) is 0 Å². The molecule has 1 aliphatic heterocycles. The van der Waals surface area contributed by atoms with Crippen molar-refractivity contribution in [3.8, 4) is 0 Å². The van der Waals surface area contributed by atoms with E-state index in [0.717, 1.165) is 18.5 Å². The molecule has 1 saturated carbocycles. The van der Waals surface area contributed by atoms with E-state index in [-0.39, 0.29) is 36.5 Å². The van der Waals surface area contributed by atoms with Gasteiger partial charge in [0.25, 0.3) is 5.91 Å². The summed E-state index contributed by atoms with van der Waals surface area (Å²) in [5.74, 6) is 1.16. The van der Waals surface area contributed by atoms with Gasteiger partial charge in [-0.25, -0.2) is 0 Å². The van der Waals surface area contributed by atoms with Crippen molar-refractivity contribution in [3.63, 3.8) is 0 Å². The van der Waals surface area contributed by atoms with Crippen LogP contribution in [0.15, 0.2) is 24.3 Å². The van der Waals surface area contributed by atoms with Crippen molar-refractivity contribution >= 4 is 11.8 Å². The number of likely N-dealkylation sites (tertiary alicyclic amines) is 1. The molecule has 3 rings (SSSR count). The van der Waals surface area contributed by atoms with Crippen LogP contribution in [0.25, 0.3) is 0 Å². The number of aryl methyl sites for hydroxylation is 1. The number of carbonyl (C=O) groups is 2. The summed E-state index contributed by atoms with van der Waals surface area (Å²) >= 11 is 0. The third-order valence-corrected chi connectivity index (χ3v) is 8.12.